The highest BCUT2D eigenvalue weighted by atomic mass is 32.1. The molecule has 2 N–H and O–H groups in total. The van der Waals surface area contributed by atoms with Crippen molar-refractivity contribution in [2.75, 3.05) is 0 Å². The summed E-state index contributed by atoms with van der Waals surface area (Å²) < 4.78 is 27.4. The van der Waals surface area contributed by atoms with Crippen LogP contribution in [0.4, 0.5) is 8.78 Å². The van der Waals surface area contributed by atoms with E-state index >= 15 is 0 Å². The first-order chi connectivity index (χ1) is 13.4. The predicted octanol–water partition coefficient (Wildman–Crippen LogP) is 2.18. The van der Waals surface area contributed by atoms with E-state index in [1.54, 1.807) is 6.92 Å². The van der Waals surface area contributed by atoms with Gasteiger partial charge in [0.25, 0.3) is 18.1 Å². The topological polar surface area (TPSA) is 101 Å². The Morgan fingerprint density at radius 3 is 2.96 bits per heavy atom. The van der Waals surface area contributed by atoms with Crippen molar-refractivity contribution in [3.05, 3.63) is 45.7 Å². The van der Waals surface area contributed by atoms with Crippen LogP contribution in [0.3, 0.4) is 0 Å². The molecule has 0 aliphatic carbocycles. The minimum Gasteiger partial charge on any atom is -0.347 e. The molecule has 0 aromatic carbocycles. The van der Waals surface area contributed by atoms with Gasteiger partial charge in [-0.1, -0.05) is 0 Å². The van der Waals surface area contributed by atoms with Gasteiger partial charge in [0.1, 0.15) is 5.69 Å². The second kappa shape index (κ2) is 7.23. The average Bonchev–Trinajstić information content (AvgIpc) is 3.31. The lowest BCUT2D eigenvalue weighted by Gasteiger charge is -2.32. The van der Waals surface area contributed by atoms with Gasteiger partial charge in [0.2, 0.25) is 11.7 Å². The minimum absolute atomic E-state index is 0.0632. The molecule has 1 aliphatic rings. The third-order valence-electron chi connectivity index (χ3n) is 4.51. The molecule has 28 heavy (non-hydrogen) atoms. The maximum atomic E-state index is 13.2. The Hall–Kier alpha value is -2.95. The van der Waals surface area contributed by atoms with Gasteiger partial charge in [0, 0.05) is 12.1 Å². The van der Waals surface area contributed by atoms with Crippen molar-refractivity contribution in [2.45, 2.75) is 38.3 Å². The van der Waals surface area contributed by atoms with Crippen molar-refractivity contribution in [1.29, 1.82) is 0 Å². The first-order valence-corrected chi connectivity index (χ1v) is 9.51. The lowest BCUT2D eigenvalue weighted by atomic mass is 9.93. The van der Waals surface area contributed by atoms with Crippen LogP contribution in [0.25, 0.3) is 5.78 Å². The van der Waals surface area contributed by atoms with Gasteiger partial charge in [0.15, 0.2) is 0 Å². The summed E-state index contributed by atoms with van der Waals surface area (Å²) in [5.74, 6) is -1.01. The summed E-state index contributed by atoms with van der Waals surface area (Å²) in [7, 11) is 0. The highest BCUT2D eigenvalue weighted by Gasteiger charge is 2.32. The van der Waals surface area contributed by atoms with Crippen LogP contribution in [-0.2, 0) is 4.79 Å². The van der Waals surface area contributed by atoms with Crippen LogP contribution in [0.1, 0.15) is 52.9 Å². The molecule has 0 spiro atoms. The number of nitrogens with zero attached hydrogens (tertiary/aromatic N) is 4. The number of rotatable bonds is 4. The standard InChI is InChI=1S/C17H16F2N6O2S/c1-8-6-11(14(18)19)25-17(20-8)23-15(24-25)16(27)21-10-2-3-12(26)22-13(10)9-4-5-28-7-9/h4-7,10,13-14H,2-3H2,1H3,(H,21,27)(H,22,26)/t10-,13+/m1/s1. The number of carbonyl (C=O) groups is 2. The number of hydrogen-bond acceptors (Lipinski definition) is 6. The Bertz CT molecular complexity index is 1040. The highest BCUT2D eigenvalue weighted by molar-refractivity contribution is 7.08. The van der Waals surface area contributed by atoms with E-state index in [0.29, 0.717) is 12.1 Å². The lowest BCUT2D eigenvalue weighted by Crippen LogP contribution is -2.50. The van der Waals surface area contributed by atoms with E-state index in [0.717, 1.165) is 10.1 Å². The predicted molar refractivity (Wildman–Crippen MR) is 96.2 cm³/mol. The third kappa shape index (κ3) is 3.44. The number of fused-ring (bicyclic) bond motifs is 1. The Morgan fingerprint density at radius 2 is 2.25 bits per heavy atom. The molecule has 0 bridgehead atoms. The molecule has 146 valence electrons. The quantitative estimate of drug-likeness (QED) is 0.692. The van der Waals surface area contributed by atoms with Crippen LogP contribution in [0.2, 0.25) is 0 Å². The first kappa shape index (κ1) is 18.4. The van der Waals surface area contributed by atoms with E-state index in [1.165, 1.54) is 17.4 Å². The zero-order valence-electron chi connectivity index (χ0n) is 14.7. The molecule has 1 aliphatic heterocycles. The number of nitrogens with one attached hydrogen (secondary N) is 2. The molecule has 8 nitrogen and oxygen atoms in total. The zero-order chi connectivity index (χ0) is 19.8. The van der Waals surface area contributed by atoms with Gasteiger partial charge < -0.3 is 10.6 Å². The molecule has 2 amide bonds. The zero-order valence-corrected chi connectivity index (χ0v) is 15.5. The monoisotopic (exact) mass is 406 g/mol. The second-order valence-corrected chi connectivity index (χ2v) is 7.27. The van der Waals surface area contributed by atoms with Crippen LogP contribution in [0.15, 0.2) is 22.9 Å². The maximum Gasteiger partial charge on any atom is 0.291 e. The molecule has 3 aromatic heterocycles. The van der Waals surface area contributed by atoms with E-state index in [-0.39, 0.29) is 41.7 Å². The Balaban J connectivity index is 1.61. The van der Waals surface area contributed by atoms with E-state index in [4.69, 9.17) is 0 Å². The molecule has 0 unspecified atom stereocenters. The smallest absolute Gasteiger partial charge is 0.291 e. The summed E-state index contributed by atoms with van der Waals surface area (Å²) in [5.41, 5.74) is 0.869. The van der Waals surface area contributed by atoms with Crippen molar-refractivity contribution < 1.29 is 18.4 Å². The Kier molecular flexibility index (Phi) is 4.75. The number of alkyl halides is 2. The normalized spacial score (nSPS) is 19.8. The van der Waals surface area contributed by atoms with Gasteiger partial charge in [-0.15, -0.1) is 5.10 Å². The number of aromatic nitrogens is 4. The van der Waals surface area contributed by atoms with Crippen LogP contribution in [0.5, 0.6) is 0 Å². The maximum absolute atomic E-state index is 13.2. The van der Waals surface area contributed by atoms with Crippen LogP contribution in [-0.4, -0.2) is 37.4 Å². The lowest BCUT2D eigenvalue weighted by molar-refractivity contribution is -0.123. The summed E-state index contributed by atoms with van der Waals surface area (Å²) in [6.45, 7) is 1.57. The largest absolute Gasteiger partial charge is 0.347 e. The van der Waals surface area contributed by atoms with E-state index in [9.17, 15) is 18.4 Å². The molecule has 1 fully saturated rings. The van der Waals surface area contributed by atoms with Gasteiger partial charge in [0.05, 0.1) is 12.1 Å². The molecule has 3 aromatic rings. The average molecular weight is 406 g/mol. The molecule has 4 heterocycles. The van der Waals surface area contributed by atoms with Crippen LogP contribution < -0.4 is 10.6 Å². The summed E-state index contributed by atoms with van der Waals surface area (Å²) in [6, 6.07) is 2.35. The Labute approximate surface area is 162 Å². The molecule has 0 saturated carbocycles. The SMILES string of the molecule is Cc1cc(C(F)F)n2nc(C(=O)N[C@@H]3CCC(=O)N[C@H]3c3ccsc3)nc2n1. The van der Waals surface area contributed by atoms with Crippen molar-refractivity contribution in [3.8, 4) is 0 Å². The van der Waals surface area contributed by atoms with Crippen molar-refractivity contribution >= 4 is 28.9 Å². The van der Waals surface area contributed by atoms with Crippen molar-refractivity contribution in [2.24, 2.45) is 0 Å². The number of amides is 2. The van der Waals surface area contributed by atoms with Crippen LogP contribution >= 0.6 is 11.3 Å². The molecule has 2 atom stereocenters. The van der Waals surface area contributed by atoms with Crippen LogP contribution in [0, 0.1) is 6.92 Å². The number of thiophene rings is 1. The summed E-state index contributed by atoms with van der Waals surface area (Å²) in [5, 5.41) is 13.4. The fraction of sp³-hybridized carbons (Fsp3) is 0.353. The van der Waals surface area contributed by atoms with Gasteiger partial charge in [-0.2, -0.15) is 20.8 Å². The first-order valence-electron chi connectivity index (χ1n) is 8.57. The van der Waals surface area contributed by atoms with Gasteiger partial charge >= 0.3 is 0 Å². The molecular weight excluding hydrogens is 390 g/mol. The van der Waals surface area contributed by atoms with E-state index in [1.807, 2.05) is 16.8 Å². The fourth-order valence-electron chi connectivity index (χ4n) is 3.22. The second-order valence-electron chi connectivity index (χ2n) is 6.49. The number of halogens is 2. The van der Waals surface area contributed by atoms with Gasteiger partial charge in [-0.3, -0.25) is 9.59 Å². The van der Waals surface area contributed by atoms with Gasteiger partial charge in [-0.05, 0) is 41.8 Å². The fourth-order valence-corrected chi connectivity index (χ4v) is 3.92. The molecule has 4 rings (SSSR count). The number of aryl methyl sites for hydroxylation is 1. The molecule has 0 radical (unpaired) electrons. The van der Waals surface area contributed by atoms with Crippen molar-refractivity contribution in [3.63, 3.8) is 0 Å². The number of carbonyl (C=O) groups excluding carboxylic acids is 2. The summed E-state index contributed by atoms with van der Waals surface area (Å²) in [4.78, 5) is 32.5. The number of piperidine rings is 1. The molecule has 1 saturated heterocycles. The minimum atomic E-state index is -2.78. The van der Waals surface area contributed by atoms with Crippen molar-refractivity contribution in [1.82, 2.24) is 30.2 Å². The third-order valence-corrected chi connectivity index (χ3v) is 5.22. The summed E-state index contributed by atoms with van der Waals surface area (Å²) >= 11 is 1.49. The molecular formula is C17H16F2N6O2S. The highest BCUT2D eigenvalue weighted by Crippen LogP contribution is 2.26. The Morgan fingerprint density at radius 1 is 1.43 bits per heavy atom. The molecule has 11 heteroatoms. The van der Waals surface area contributed by atoms with E-state index in [2.05, 4.69) is 25.7 Å². The van der Waals surface area contributed by atoms with Gasteiger partial charge in [-0.25, -0.2) is 13.8 Å². The number of hydrogen-bond donors (Lipinski definition) is 2. The van der Waals surface area contributed by atoms with E-state index < -0.39 is 12.3 Å². The summed E-state index contributed by atoms with van der Waals surface area (Å²) in [6.07, 6.45) is -2.05.